The molecule has 0 aliphatic rings. The van der Waals surface area contributed by atoms with E-state index in [1.165, 1.54) is 0 Å². The van der Waals surface area contributed by atoms with Crippen LogP contribution in [0.2, 0.25) is 0 Å². The van der Waals surface area contributed by atoms with E-state index < -0.39 is 0 Å². The molecular formula is C14H22N6. The van der Waals surface area contributed by atoms with Gasteiger partial charge in [0.1, 0.15) is 11.6 Å². The van der Waals surface area contributed by atoms with E-state index >= 15 is 0 Å². The number of aryl methyl sites for hydroxylation is 3. The van der Waals surface area contributed by atoms with Gasteiger partial charge in [0.05, 0.1) is 17.9 Å². The van der Waals surface area contributed by atoms with Crippen molar-refractivity contribution in [1.82, 2.24) is 19.7 Å². The summed E-state index contributed by atoms with van der Waals surface area (Å²) in [5, 5.41) is 7.84. The summed E-state index contributed by atoms with van der Waals surface area (Å²) in [7, 11) is 0. The van der Waals surface area contributed by atoms with Gasteiger partial charge in [-0.3, -0.25) is 4.68 Å². The molecule has 0 spiro atoms. The number of hydrogen-bond donors (Lipinski definition) is 2. The Morgan fingerprint density at radius 1 is 1.25 bits per heavy atom. The lowest BCUT2D eigenvalue weighted by molar-refractivity contribution is 0.544. The van der Waals surface area contributed by atoms with Crippen molar-refractivity contribution in [2.45, 2.75) is 46.8 Å². The summed E-state index contributed by atoms with van der Waals surface area (Å²) in [6.45, 7) is 9.26. The first-order valence-electron chi connectivity index (χ1n) is 6.80. The number of aromatic nitrogens is 4. The zero-order chi connectivity index (χ0) is 14.7. The van der Waals surface area contributed by atoms with Crippen LogP contribution in [0.3, 0.4) is 0 Å². The van der Waals surface area contributed by atoms with Crippen molar-refractivity contribution < 1.29 is 0 Å². The molecule has 6 heteroatoms. The molecule has 2 heterocycles. The summed E-state index contributed by atoms with van der Waals surface area (Å²) in [6.07, 6.45) is 0. The van der Waals surface area contributed by atoms with Crippen LogP contribution in [0.15, 0.2) is 12.1 Å². The van der Waals surface area contributed by atoms with Gasteiger partial charge in [0, 0.05) is 24.3 Å². The molecule has 0 aromatic carbocycles. The Morgan fingerprint density at radius 2 is 2.00 bits per heavy atom. The molecule has 0 fully saturated rings. The van der Waals surface area contributed by atoms with Crippen LogP contribution < -0.4 is 11.1 Å². The van der Waals surface area contributed by atoms with Crippen LogP contribution >= 0.6 is 0 Å². The van der Waals surface area contributed by atoms with Gasteiger partial charge in [-0.1, -0.05) is 0 Å². The fourth-order valence-electron chi connectivity index (χ4n) is 2.23. The molecule has 2 rings (SSSR count). The zero-order valence-corrected chi connectivity index (χ0v) is 12.5. The summed E-state index contributed by atoms with van der Waals surface area (Å²) in [6, 6.07) is 4.19. The molecule has 0 aliphatic carbocycles. The minimum Gasteiger partial charge on any atom is -0.366 e. The molecule has 108 valence electrons. The van der Waals surface area contributed by atoms with E-state index in [-0.39, 0.29) is 6.04 Å². The maximum absolute atomic E-state index is 5.63. The first-order chi connectivity index (χ1) is 9.47. The predicted molar refractivity (Wildman–Crippen MR) is 79.4 cm³/mol. The third-order valence-electron chi connectivity index (χ3n) is 3.04. The normalized spacial score (nSPS) is 12.4. The number of hydrogen-bond acceptors (Lipinski definition) is 5. The van der Waals surface area contributed by atoms with Gasteiger partial charge >= 0.3 is 0 Å². The Hall–Kier alpha value is -1.95. The Morgan fingerprint density at radius 3 is 2.60 bits per heavy atom. The minimum atomic E-state index is 0.216. The summed E-state index contributed by atoms with van der Waals surface area (Å²) >= 11 is 0. The molecule has 0 amide bonds. The number of anilines is 1. The van der Waals surface area contributed by atoms with Gasteiger partial charge < -0.3 is 11.1 Å². The van der Waals surface area contributed by atoms with Crippen LogP contribution in [0.4, 0.5) is 5.82 Å². The van der Waals surface area contributed by atoms with E-state index in [4.69, 9.17) is 5.73 Å². The molecule has 20 heavy (non-hydrogen) atoms. The molecule has 0 unspecified atom stereocenters. The summed E-state index contributed by atoms with van der Waals surface area (Å²) in [5.74, 6) is 1.54. The highest BCUT2D eigenvalue weighted by Crippen LogP contribution is 2.10. The van der Waals surface area contributed by atoms with Gasteiger partial charge in [0.2, 0.25) is 0 Å². The van der Waals surface area contributed by atoms with Crippen molar-refractivity contribution in [2.24, 2.45) is 5.73 Å². The zero-order valence-electron chi connectivity index (χ0n) is 12.5. The standard InChI is InChI=1S/C14H22N6/c1-9-5-11(3)20(19-9)8-10(2)16-14-6-13(7-15)17-12(4)18-14/h5-6,10H,7-8,15H2,1-4H3,(H,16,17,18)/t10-/m0/s1. The quantitative estimate of drug-likeness (QED) is 0.864. The minimum absolute atomic E-state index is 0.216. The second-order valence-electron chi connectivity index (χ2n) is 5.15. The molecule has 0 aliphatic heterocycles. The van der Waals surface area contributed by atoms with E-state index in [0.717, 1.165) is 35.3 Å². The molecule has 0 saturated carbocycles. The summed E-state index contributed by atoms with van der Waals surface area (Å²) < 4.78 is 2.00. The van der Waals surface area contributed by atoms with Crippen LogP contribution in [0.25, 0.3) is 0 Å². The van der Waals surface area contributed by atoms with Crippen LogP contribution in [-0.2, 0) is 13.1 Å². The Kier molecular flexibility index (Phi) is 4.34. The van der Waals surface area contributed by atoms with Crippen molar-refractivity contribution in [1.29, 1.82) is 0 Å². The highest BCUT2D eigenvalue weighted by Gasteiger charge is 2.09. The smallest absolute Gasteiger partial charge is 0.130 e. The number of nitrogens with two attached hydrogens (primary N) is 1. The number of nitrogens with zero attached hydrogens (tertiary/aromatic N) is 4. The average Bonchev–Trinajstić information content (AvgIpc) is 2.66. The monoisotopic (exact) mass is 274 g/mol. The van der Waals surface area contributed by atoms with Crippen molar-refractivity contribution in [2.75, 3.05) is 5.32 Å². The van der Waals surface area contributed by atoms with Gasteiger partial charge in [-0.25, -0.2) is 9.97 Å². The molecule has 2 aromatic rings. The second-order valence-corrected chi connectivity index (χ2v) is 5.15. The predicted octanol–water partition coefficient (Wildman–Crippen LogP) is 1.56. The average molecular weight is 274 g/mol. The highest BCUT2D eigenvalue weighted by atomic mass is 15.3. The number of nitrogens with one attached hydrogen (secondary N) is 1. The van der Waals surface area contributed by atoms with Crippen LogP contribution in [0, 0.1) is 20.8 Å². The molecule has 0 bridgehead atoms. The second kappa shape index (κ2) is 6.00. The third kappa shape index (κ3) is 3.54. The van der Waals surface area contributed by atoms with Crippen molar-refractivity contribution in [3.63, 3.8) is 0 Å². The Balaban J connectivity index is 2.06. The molecule has 0 radical (unpaired) electrons. The summed E-state index contributed by atoms with van der Waals surface area (Å²) in [5.41, 5.74) is 8.68. The van der Waals surface area contributed by atoms with E-state index in [2.05, 4.69) is 40.3 Å². The highest BCUT2D eigenvalue weighted by molar-refractivity contribution is 5.37. The molecule has 0 saturated heterocycles. The van der Waals surface area contributed by atoms with Gasteiger partial charge in [-0.15, -0.1) is 0 Å². The van der Waals surface area contributed by atoms with Gasteiger partial charge in [-0.05, 0) is 33.8 Å². The van der Waals surface area contributed by atoms with Crippen LogP contribution in [0.5, 0.6) is 0 Å². The molecule has 1 atom stereocenters. The van der Waals surface area contributed by atoms with Crippen molar-refractivity contribution >= 4 is 5.82 Å². The fraction of sp³-hybridized carbons (Fsp3) is 0.500. The van der Waals surface area contributed by atoms with E-state index in [0.29, 0.717) is 6.54 Å². The first kappa shape index (κ1) is 14.5. The molecule has 2 aromatic heterocycles. The topological polar surface area (TPSA) is 81.7 Å². The first-order valence-corrected chi connectivity index (χ1v) is 6.80. The van der Waals surface area contributed by atoms with Gasteiger partial charge in [-0.2, -0.15) is 5.10 Å². The van der Waals surface area contributed by atoms with Crippen LogP contribution in [0.1, 0.15) is 29.8 Å². The van der Waals surface area contributed by atoms with Gasteiger partial charge in [0.15, 0.2) is 0 Å². The maximum atomic E-state index is 5.63. The van der Waals surface area contributed by atoms with E-state index in [9.17, 15) is 0 Å². The Bertz CT molecular complexity index is 589. The largest absolute Gasteiger partial charge is 0.366 e. The van der Waals surface area contributed by atoms with E-state index in [1.807, 2.05) is 24.6 Å². The fourth-order valence-corrected chi connectivity index (χ4v) is 2.23. The number of rotatable bonds is 5. The lowest BCUT2D eigenvalue weighted by atomic mass is 10.3. The van der Waals surface area contributed by atoms with Crippen molar-refractivity contribution in [3.8, 4) is 0 Å². The summed E-state index contributed by atoms with van der Waals surface area (Å²) in [4.78, 5) is 8.65. The third-order valence-corrected chi connectivity index (χ3v) is 3.04. The molecule has 6 nitrogen and oxygen atoms in total. The van der Waals surface area contributed by atoms with Crippen LogP contribution in [-0.4, -0.2) is 25.8 Å². The molecule has 3 N–H and O–H groups in total. The molecular weight excluding hydrogens is 252 g/mol. The Labute approximate surface area is 119 Å². The van der Waals surface area contributed by atoms with Gasteiger partial charge in [0.25, 0.3) is 0 Å². The lowest BCUT2D eigenvalue weighted by Gasteiger charge is -2.16. The lowest BCUT2D eigenvalue weighted by Crippen LogP contribution is -2.24. The maximum Gasteiger partial charge on any atom is 0.130 e. The van der Waals surface area contributed by atoms with E-state index in [1.54, 1.807) is 0 Å². The SMILES string of the molecule is Cc1cc(C)n(C[C@H](C)Nc2cc(CN)nc(C)n2)n1. The van der Waals surface area contributed by atoms with Crippen molar-refractivity contribution in [3.05, 3.63) is 35.0 Å².